The van der Waals surface area contributed by atoms with Crippen molar-refractivity contribution in [2.24, 2.45) is 0 Å². The van der Waals surface area contributed by atoms with Gasteiger partial charge in [0.15, 0.2) is 11.8 Å². The van der Waals surface area contributed by atoms with Crippen LogP contribution in [-0.4, -0.2) is 16.5 Å². The molecule has 2 saturated carbocycles. The predicted molar refractivity (Wildman–Crippen MR) is 56.4 cm³/mol. The summed E-state index contributed by atoms with van der Waals surface area (Å²) in [5.74, 6) is 0. The highest BCUT2D eigenvalue weighted by molar-refractivity contribution is 5.99. The SMILES string of the molecule is [O-][N+]1=C2CCCCC2=C2CCCC[C@@H]21. The Balaban J connectivity index is 2.03. The fraction of sp³-hybridized carbons (Fsp3) is 0.750. The molecule has 1 atom stereocenters. The zero-order valence-corrected chi connectivity index (χ0v) is 8.59. The Kier molecular flexibility index (Phi) is 1.89. The highest BCUT2D eigenvalue weighted by Gasteiger charge is 2.39. The van der Waals surface area contributed by atoms with Crippen LogP contribution in [0.5, 0.6) is 0 Å². The van der Waals surface area contributed by atoms with Gasteiger partial charge in [0, 0.05) is 24.0 Å². The fourth-order valence-electron chi connectivity index (χ4n) is 3.27. The predicted octanol–water partition coefficient (Wildman–Crippen LogP) is 2.76. The molecule has 14 heavy (non-hydrogen) atoms. The average molecular weight is 191 g/mol. The lowest BCUT2D eigenvalue weighted by atomic mass is 9.84. The largest absolute Gasteiger partial charge is 0.623 e. The van der Waals surface area contributed by atoms with Gasteiger partial charge >= 0.3 is 0 Å². The summed E-state index contributed by atoms with van der Waals surface area (Å²) in [6.45, 7) is 0. The molecule has 0 unspecified atom stereocenters. The van der Waals surface area contributed by atoms with Gasteiger partial charge in [-0.05, 0) is 38.5 Å². The molecule has 1 aliphatic heterocycles. The molecule has 3 aliphatic rings. The first-order valence-corrected chi connectivity index (χ1v) is 5.92. The second-order valence-corrected chi connectivity index (χ2v) is 4.74. The molecule has 0 N–H and O–H groups in total. The summed E-state index contributed by atoms with van der Waals surface area (Å²) < 4.78 is 1.35. The molecule has 0 spiro atoms. The van der Waals surface area contributed by atoms with Crippen LogP contribution in [-0.2, 0) is 0 Å². The van der Waals surface area contributed by atoms with E-state index >= 15 is 0 Å². The smallest absolute Gasteiger partial charge is 0.191 e. The summed E-state index contributed by atoms with van der Waals surface area (Å²) in [6, 6.07) is 0.256. The molecule has 2 aliphatic carbocycles. The Labute approximate surface area is 84.9 Å². The summed E-state index contributed by atoms with van der Waals surface area (Å²) in [7, 11) is 0. The molecule has 0 saturated heterocycles. The van der Waals surface area contributed by atoms with E-state index in [0.29, 0.717) is 0 Å². The topological polar surface area (TPSA) is 26.1 Å². The van der Waals surface area contributed by atoms with Gasteiger partial charge in [-0.15, -0.1) is 0 Å². The molecule has 2 nitrogen and oxygen atoms in total. The molecular formula is C12H17NO. The third-order valence-corrected chi connectivity index (χ3v) is 3.95. The van der Waals surface area contributed by atoms with Crippen LogP contribution in [0, 0.1) is 5.21 Å². The molecule has 2 fully saturated rings. The van der Waals surface area contributed by atoms with Crippen molar-refractivity contribution in [1.29, 1.82) is 0 Å². The number of rotatable bonds is 0. The molecule has 0 bridgehead atoms. The Bertz CT molecular complexity index is 327. The normalized spacial score (nSPS) is 31.9. The van der Waals surface area contributed by atoms with Gasteiger partial charge in [-0.2, -0.15) is 0 Å². The van der Waals surface area contributed by atoms with Gasteiger partial charge in [-0.3, -0.25) is 0 Å². The first kappa shape index (κ1) is 8.51. The molecule has 0 aromatic heterocycles. The molecule has 3 rings (SSSR count). The van der Waals surface area contributed by atoms with E-state index in [0.717, 1.165) is 18.6 Å². The third kappa shape index (κ3) is 1.06. The molecule has 2 heteroatoms. The van der Waals surface area contributed by atoms with Crippen molar-refractivity contribution in [1.82, 2.24) is 0 Å². The van der Waals surface area contributed by atoms with E-state index in [9.17, 15) is 5.21 Å². The standard InChI is InChI=1S/C12H17NO/c14-13-11-7-3-1-5-9(11)10-6-2-4-8-12(10)13/h11H,1-8H2/t11-/m0/s1. The minimum absolute atomic E-state index is 0.256. The van der Waals surface area contributed by atoms with Crippen LogP contribution in [0.25, 0.3) is 0 Å². The second kappa shape index (κ2) is 3.11. The maximum absolute atomic E-state index is 12.0. The van der Waals surface area contributed by atoms with Crippen LogP contribution in [0.2, 0.25) is 0 Å². The van der Waals surface area contributed by atoms with E-state index in [2.05, 4.69) is 0 Å². The van der Waals surface area contributed by atoms with Crippen LogP contribution in [0.4, 0.5) is 0 Å². The van der Waals surface area contributed by atoms with Gasteiger partial charge in [0.25, 0.3) is 0 Å². The van der Waals surface area contributed by atoms with Crippen molar-refractivity contribution in [2.75, 3.05) is 0 Å². The number of nitrogens with zero attached hydrogens (tertiary/aromatic N) is 1. The van der Waals surface area contributed by atoms with Gasteiger partial charge in [0.1, 0.15) is 0 Å². The van der Waals surface area contributed by atoms with Crippen LogP contribution in [0.15, 0.2) is 11.1 Å². The Hall–Kier alpha value is -0.790. The zero-order valence-electron chi connectivity index (χ0n) is 8.59. The van der Waals surface area contributed by atoms with E-state index in [1.165, 1.54) is 54.4 Å². The molecule has 0 aromatic carbocycles. The zero-order chi connectivity index (χ0) is 9.54. The summed E-state index contributed by atoms with van der Waals surface area (Å²) in [5, 5.41) is 12.0. The maximum atomic E-state index is 12.0. The summed E-state index contributed by atoms with van der Waals surface area (Å²) in [6.07, 6.45) is 9.58. The number of hydroxylamine groups is 1. The first-order valence-electron chi connectivity index (χ1n) is 5.92. The summed E-state index contributed by atoms with van der Waals surface area (Å²) >= 11 is 0. The van der Waals surface area contributed by atoms with E-state index in [4.69, 9.17) is 0 Å². The maximum Gasteiger partial charge on any atom is 0.191 e. The van der Waals surface area contributed by atoms with Gasteiger partial charge < -0.3 is 5.21 Å². The average Bonchev–Trinajstić information content (AvgIpc) is 2.55. The van der Waals surface area contributed by atoms with Crippen LogP contribution < -0.4 is 0 Å². The minimum Gasteiger partial charge on any atom is -0.623 e. The molecule has 76 valence electrons. The van der Waals surface area contributed by atoms with Crippen molar-refractivity contribution >= 4 is 5.71 Å². The van der Waals surface area contributed by atoms with Crippen molar-refractivity contribution in [3.8, 4) is 0 Å². The van der Waals surface area contributed by atoms with Crippen LogP contribution >= 0.6 is 0 Å². The third-order valence-electron chi connectivity index (χ3n) is 3.95. The molecule has 0 aromatic rings. The molecule has 0 radical (unpaired) electrons. The van der Waals surface area contributed by atoms with E-state index in [-0.39, 0.29) is 6.04 Å². The van der Waals surface area contributed by atoms with Crippen molar-refractivity contribution in [2.45, 2.75) is 57.4 Å². The van der Waals surface area contributed by atoms with Crippen LogP contribution in [0.1, 0.15) is 51.4 Å². The van der Waals surface area contributed by atoms with Gasteiger partial charge in [0.2, 0.25) is 0 Å². The summed E-state index contributed by atoms with van der Waals surface area (Å²) in [5.41, 5.74) is 4.13. The molecular weight excluding hydrogens is 174 g/mol. The van der Waals surface area contributed by atoms with Crippen LogP contribution in [0.3, 0.4) is 0 Å². The van der Waals surface area contributed by atoms with Crippen molar-refractivity contribution < 1.29 is 4.74 Å². The Morgan fingerprint density at radius 2 is 1.79 bits per heavy atom. The molecule has 1 heterocycles. The van der Waals surface area contributed by atoms with Gasteiger partial charge in [0.05, 0.1) is 0 Å². The monoisotopic (exact) mass is 191 g/mol. The number of hydrogen-bond acceptors (Lipinski definition) is 1. The van der Waals surface area contributed by atoms with E-state index in [1.807, 2.05) is 0 Å². The summed E-state index contributed by atoms with van der Waals surface area (Å²) in [4.78, 5) is 0. The second-order valence-electron chi connectivity index (χ2n) is 4.74. The van der Waals surface area contributed by atoms with E-state index < -0.39 is 0 Å². The Morgan fingerprint density at radius 1 is 1.00 bits per heavy atom. The van der Waals surface area contributed by atoms with Gasteiger partial charge in [-0.25, -0.2) is 4.74 Å². The molecule has 0 amide bonds. The van der Waals surface area contributed by atoms with Gasteiger partial charge in [-0.1, -0.05) is 0 Å². The number of fused-ring (bicyclic) bond motifs is 2. The first-order chi connectivity index (χ1) is 6.88. The quantitative estimate of drug-likeness (QED) is 0.427. The lowest BCUT2D eigenvalue weighted by molar-refractivity contribution is -0.489. The van der Waals surface area contributed by atoms with E-state index in [1.54, 1.807) is 0 Å². The fourth-order valence-corrected chi connectivity index (χ4v) is 3.27. The highest BCUT2D eigenvalue weighted by Crippen LogP contribution is 2.38. The van der Waals surface area contributed by atoms with Crippen molar-refractivity contribution in [3.05, 3.63) is 16.4 Å². The Morgan fingerprint density at radius 3 is 2.71 bits per heavy atom. The lowest BCUT2D eigenvalue weighted by Gasteiger charge is -2.20. The lowest BCUT2D eigenvalue weighted by Crippen LogP contribution is -2.25. The minimum atomic E-state index is 0.256. The van der Waals surface area contributed by atoms with Crippen molar-refractivity contribution in [3.63, 3.8) is 0 Å². The highest BCUT2D eigenvalue weighted by atomic mass is 16.5. The number of hydrogen-bond donors (Lipinski definition) is 0. The number of allylic oxidation sites excluding steroid dienone is 1.